The number of rotatable bonds is 5. The molecule has 2 aromatic heterocycles. The number of carbonyl (C=O) groups is 1. The van der Waals surface area contributed by atoms with Gasteiger partial charge in [-0.3, -0.25) is 4.79 Å². The lowest BCUT2D eigenvalue weighted by atomic mass is 10.2. The van der Waals surface area contributed by atoms with E-state index in [1.54, 1.807) is 24.4 Å². The summed E-state index contributed by atoms with van der Waals surface area (Å²) in [5, 5.41) is 7.09. The first kappa shape index (κ1) is 19.1. The molecule has 1 fully saturated rings. The van der Waals surface area contributed by atoms with E-state index >= 15 is 0 Å². The summed E-state index contributed by atoms with van der Waals surface area (Å²) in [5.41, 5.74) is 1.78. The Hall–Kier alpha value is -3.22. The van der Waals surface area contributed by atoms with Crippen LogP contribution in [0.1, 0.15) is 41.7 Å². The SMILES string of the molecule is O=C(NCc1ccc(N2CCCCCC2)nc1)c1ccn(-c2cccc(F)c2)n1. The van der Waals surface area contributed by atoms with Crippen molar-refractivity contribution >= 4 is 11.7 Å². The normalized spacial score (nSPS) is 14.4. The summed E-state index contributed by atoms with van der Waals surface area (Å²) < 4.78 is 14.8. The standard InChI is InChI=1S/C22H24FN5O/c23-18-6-5-7-19(14-18)28-13-10-20(26-28)22(29)25-16-17-8-9-21(24-15-17)27-11-3-1-2-4-12-27/h5-10,13-15H,1-4,11-12,16H2,(H,25,29). The van der Waals surface area contributed by atoms with E-state index in [2.05, 4.69) is 20.3 Å². The van der Waals surface area contributed by atoms with Crippen LogP contribution in [0, 0.1) is 5.82 Å². The van der Waals surface area contributed by atoms with Gasteiger partial charge in [0.25, 0.3) is 5.91 Å². The molecular formula is C22H24FN5O. The number of amides is 1. The molecule has 150 valence electrons. The first-order valence-electron chi connectivity index (χ1n) is 9.99. The molecule has 0 unspecified atom stereocenters. The molecule has 0 atom stereocenters. The van der Waals surface area contributed by atoms with E-state index in [0.717, 1.165) is 24.5 Å². The van der Waals surface area contributed by atoms with Crippen LogP contribution in [0.25, 0.3) is 5.69 Å². The molecule has 1 N–H and O–H groups in total. The number of anilines is 1. The van der Waals surface area contributed by atoms with Gasteiger partial charge < -0.3 is 10.2 Å². The van der Waals surface area contributed by atoms with Gasteiger partial charge in [-0.1, -0.05) is 25.0 Å². The first-order valence-corrected chi connectivity index (χ1v) is 9.99. The molecular weight excluding hydrogens is 369 g/mol. The van der Waals surface area contributed by atoms with E-state index in [4.69, 9.17) is 0 Å². The number of nitrogens with one attached hydrogen (secondary N) is 1. The smallest absolute Gasteiger partial charge is 0.272 e. The molecule has 4 rings (SSSR count). The first-order chi connectivity index (χ1) is 14.2. The van der Waals surface area contributed by atoms with Crippen molar-refractivity contribution in [3.05, 3.63) is 71.9 Å². The zero-order chi connectivity index (χ0) is 20.1. The van der Waals surface area contributed by atoms with Crippen molar-refractivity contribution in [2.24, 2.45) is 0 Å². The van der Waals surface area contributed by atoms with Crippen LogP contribution in [0.5, 0.6) is 0 Å². The third-order valence-electron chi connectivity index (χ3n) is 5.09. The van der Waals surface area contributed by atoms with Crippen LogP contribution in [0.3, 0.4) is 0 Å². The van der Waals surface area contributed by atoms with Crippen LogP contribution in [0.4, 0.5) is 10.2 Å². The number of carbonyl (C=O) groups excluding carboxylic acids is 1. The van der Waals surface area contributed by atoms with Gasteiger partial charge in [-0.15, -0.1) is 0 Å². The highest BCUT2D eigenvalue weighted by atomic mass is 19.1. The third-order valence-corrected chi connectivity index (χ3v) is 5.09. The van der Waals surface area contributed by atoms with Gasteiger partial charge in [0.2, 0.25) is 0 Å². The van der Waals surface area contributed by atoms with Gasteiger partial charge in [0.05, 0.1) is 5.69 Å². The summed E-state index contributed by atoms with van der Waals surface area (Å²) in [6.07, 6.45) is 8.45. The molecule has 0 aliphatic carbocycles. The second-order valence-corrected chi connectivity index (χ2v) is 7.23. The average Bonchev–Trinajstić information content (AvgIpc) is 3.08. The monoisotopic (exact) mass is 393 g/mol. The van der Waals surface area contributed by atoms with Gasteiger partial charge in [0.15, 0.2) is 5.69 Å². The van der Waals surface area contributed by atoms with E-state index in [1.807, 2.05) is 18.3 Å². The average molecular weight is 393 g/mol. The minimum atomic E-state index is -0.347. The van der Waals surface area contributed by atoms with E-state index < -0.39 is 0 Å². The summed E-state index contributed by atoms with van der Waals surface area (Å²) in [4.78, 5) is 19.3. The predicted octanol–water partition coefficient (Wildman–Crippen LogP) is 3.72. The Kier molecular flexibility index (Phi) is 5.84. The zero-order valence-electron chi connectivity index (χ0n) is 16.2. The number of halogens is 1. The Bertz CT molecular complexity index is 961. The fourth-order valence-corrected chi connectivity index (χ4v) is 3.49. The molecule has 0 saturated carbocycles. The van der Waals surface area contributed by atoms with Crippen molar-refractivity contribution < 1.29 is 9.18 Å². The molecule has 1 aliphatic rings. The molecule has 29 heavy (non-hydrogen) atoms. The van der Waals surface area contributed by atoms with E-state index in [0.29, 0.717) is 12.2 Å². The number of nitrogens with zero attached hydrogens (tertiary/aromatic N) is 4. The summed E-state index contributed by atoms with van der Waals surface area (Å²) in [5.74, 6) is 0.368. The van der Waals surface area contributed by atoms with Crippen LogP contribution in [0.2, 0.25) is 0 Å². The van der Waals surface area contributed by atoms with Crippen LogP contribution < -0.4 is 10.2 Å². The van der Waals surface area contributed by atoms with Crippen LogP contribution >= 0.6 is 0 Å². The number of hydrogen-bond donors (Lipinski definition) is 1. The second kappa shape index (κ2) is 8.86. The summed E-state index contributed by atoms with van der Waals surface area (Å²) in [6, 6.07) is 11.7. The molecule has 3 aromatic rings. The van der Waals surface area contributed by atoms with Crippen LogP contribution in [-0.2, 0) is 6.54 Å². The molecule has 0 spiro atoms. The number of hydrogen-bond acceptors (Lipinski definition) is 4. The largest absolute Gasteiger partial charge is 0.357 e. The maximum absolute atomic E-state index is 13.4. The van der Waals surface area contributed by atoms with Gasteiger partial charge >= 0.3 is 0 Å². The molecule has 0 bridgehead atoms. The maximum atomic E-state index is 13.4. The molecule has 1 aliphatic heterocycles. The molecule has 6 nitrogen and oxygen atoms in total. The second-order valence-electron chi connectivity index (χ2n) is 7.23. The van der Waals surface area contributed by atoms with Crippen molar-refractivity contribution in [3.63, 3.8) is 0 Å². The quantitative estimate of drug-likeness (QED) is 0.718. The molecule has 3 heterocycles. The zero-order valence-corrected chi connectivity index (χ0v) is 16.2. The highest BCUT2D eigenvalue weighted by molar-refractivity contribution is 5.92. The Morgan fingerprint density at radius 1 is 1.07 bits per heavy atom. The maximum Gasteiger partial charge on any atom is 0.272 e. The third kappa shape index (κ3) is 4.80. The summed E-state index contributed by atoms with van der Waals surface area (Å²) >= 11 is 0. The van der Waals surface area contributed by atoms with Gasteiger partial charge in [-0.05, 0) is 48.7 Å². The van der Waals surface area contributed by atoms with Gasteiger partial charge in [-0.25, -0.2) is 14.1 Å². The molecule has 1 saturated heterocycles. The fourth-order valence-electron chi connectivity index (χ4n) is 3.49. The highest BCUT2D eigenvalue weighted by Gasteiger charge is 2.12. The molecule has 1 aromatic carbocycles. The van der Waals surface area contributed by atoms with Crippen molar-refractivity contribution in [1.82, 2.24) is 20.1 Å². The minimum absolute atomic E-state index is 0.281. The Labute approximate surface area is 169 Å². The lowest BCUT2D eigenvalue weighted by Gasteiger charge is -2.21. The van der Waals surface area contributed by atoms with Crippen molar-refractivity contribution in [1.29, 1.82) is 0 Å². The lowest BCUT2D eigenvalue weighted by molar-refractivity contribution is 0.0945. The predicted molar refractivity (Wildman–Crippen MR) is 110 cm³/mol. The van der Waals surface area contributed by atoms with E-state index in [9.17, 15) is 9.18 Å². The minimum Gasteiger partial charge on any atom is -0.357 e. The van der Waals surface area contributed by atoms with Crippen LogP contribution in [0.15, 0.2) is 54.9 Å². The number of benzene rings is 1. The van der Waals surface area contributed by atoms with E-state index in [-0.39, 0.29) is 17.4 Å². The highest BCUT2D eigenvalue weighted by Crippen LogP contribution is 2.17. The summed E-state index contributed by atoms with van der Waals surface area (Å²) in [7, 11) is 0. The van der Waals surface area contributed by atoms with Crippen LogP contribution in [-0.4, -0.2) is 33.8 Å². The van der Waals surface area contributed by atoms with Gasteiger partial charge in [0, 0.05) is 32.0 Å². The topological polar surface area (TPSA) is 63.1 Å². The number of aromatic nitrogens is 3. The van der Waals surface area contributed by atoms with Gasteiger partial charge in [-0.2, -0.15) is 5.10 Å². The molecule has 0 radical (unpaired) electrons. The lowest BCUT2D eigenvalue weighted by Crippen LogP contribution is -2.25. The van der Waals surface area contributed by atoms with Gasteiger partial charge in [0.1, 0.15) is 11.6 Å². The Morgan fingerprint density at radius 3 is 2.62 bits per heavy atom. The Morgan fingerprint density at radius 2 is 1.90 bits per heavy atom. The van der Waals surface area contributed by atoms with Crippen molar-refractivity contribution in [3.8, 4) is 5.69 Å². The number of pyridine rings is 1. The molecule has 1 amide bonds. The fraction of sp³-hybridized carbons (Fsp3) is 0.318. The van der Waals surface area contributed by atoms with Crippen molar-refractivity contribution in [2.45, 2.75) is 32.2 Å². The summed E-state index contributed by atoms with van der Waals surface area (Å²) in [6.45, 7) is 2.48. The van der Waals surface area contributed by atoms with E-state index in [1.165, 1.54) is 42.5 Å². The van der Waals surface area contributed by atoms with Crippen molar-refractivity contribution in [2.75, 3.05) is 18.0 Å². The molecule has 7 heteroatoms. The Balaban J connectivity index is 1.35.